The highest BCUT2D eigenvalue weighted by atomic mass is 16.7. The molecule has 0 fully saturated rings. The van der Waals surface area contributed by atoms with Crippen molar-refractivity contribution in [3.63, 3.8) is 0 Å². The number of amides is 1. The third-order valence-corrected chi connectivity index (χ3v) is 3.95. The summed E-state index contributed by atoms with van der Waals surface area (Å²) in [6.07, 6.45) is 0.488. The van der Waals surface area contributed by atoms with E-state index in [-0.39, 0.29) is 12.7 Å². The minimum Gasteiger partial charge on any atom is -0.454 e. The number of anilines is 1. The summed E-state index contributed by atoms with van der Waals surface area (Å²) in [6.45, 7) is 2.88. The molecule has 0 N–H and O–H groups in total. The Bertz CT molecular complexity index is 739. The van der Waals surface area contributed by atoms with Crippen LogP contribution in [0.2, 0.25) is 0 Å². The Morgan fingerprint density at radius 2 is 1.95 bits per heavy atom. The van der Waals surface area contributed by atoms with Crippen molar-refractivity contribution >= 4 is 11.6 Å². The molecule has 4 heteroatoms. The van der Waals surface area contributed by atoms with Gasteiger partial charge in [-0.1, -0.05) is 23.8 Å². The lowest BCUT2D eigenvalue weighted by atomic mass is 10.1. The van der Waals surface area contributed by atoms with Crippen molar-refractivity contribution in [2.24, 2.45) is 0 Å². The second kappa shape index (κ2) is 4.52. The van der Waals surface area contributed by atoms with E-state index >= 15 is 0 Å². The number of aryl methyl sites for hydroxylation is 1. The van der Waals surface area contributed by atoms with Crippen molar-refractivity contribution in [1.82, 2.24) is 0 Å². The number of hydrogen-bond acceptors (Lipinski definition) is 3. The molecule has 0 aliphatic carbocycles. The van der Waals surface area contributed by atoms with Crippen LogP contribution in [-0.2, 0) is 17.8 Å². The molecule has 0 spiro atoms. The van der Waals surface area contributed by atoms with Gasteiger partial charge in [0, 0.05) is 5.69 Å². The molecule has 0 atom stereocenters. The van der Waals surface area contributed by atoms with Crippen LogP contribution >= 0.6 is 0 Å². The van der Waals surface area contributed by atoms with Crippen molar-refractivity contribution in [3.05, 3.63) is 53.1 Å². The van der Waals surface area contributed by atoms with E-state index < -0.39 is 0 Å². The lowest BCUT2D eigenvalue weighted by Gasteiger charge is -2.18. The van der Waals surface area contributed by atoms with Crippen LogP contribution in [0.4, 0.5) is 5.69 Å². The fraction of sp³-hybridized carbons (Fsp3) is 0.235. The third-order valence-electron chi connectivity index (χ3n) is 3.95. The van der Waals surface area contributed by atoms with E-state index in [9.17, 15) is 4.79 Å². The summed E-state index contributed by atoms with van der Waals surface area (Å²) in [5, 5.41) is 0. The highest BCUT2D eigenvalue weighted by molar-refractivity contribution is 6.01. The Balaban J connectivity index is 1.64. The fourth-order valence-electron chi connectivity index (χ4n) is 2.91. The monoisotopic (exact) mass is 281 g/mol. The molecule has 0 saturated heterocycles. The summed E-state index contributed by atoms with van der Waals surface area (Å²) in [5.41, 5.74) is 4.36. The zero-order chi connectivity index (χ0) is 14.4. The van der Waals surface area contributed by atoms with Crippen LogP contribution < -0.4 is 14.4 Å². The third kappa shape index (κ3) is 2.03. The van der Waals surface area contributed by atoms with Gasteiger partial charge in [0.15, 0.2) is 11.5 Å². The average molecular weight is 281 g/mol. The number of benzene rings is 2. The quantitative estimate of drug-likeness (QED) is 0.849. The molecule has 0 bridgehead atoms. The van der Waals surface area contributed by atoms with E-state index in [0.717, 1.165) is 28.3 Å². The molecule has 1 amide bonds. The zero-order valence-electron chi connectivity index (χ0n) is 11.8. The number of carbonyl (C=O) groups excluding carboxylic acids is 1. The maximum atomic E-state index is 12.3. The Morgan fingerprint density at radius 3 is 2.86 bits per heavy atom. The zero-order valence-corrected chi connectivity index (χ0v) is 11.8. The summed E-state index contributed by atoms with van der Waals surface area (Å²) < 4.78 is 10.7. The number of fused-ring (bicyclic) bond motifs is 2. The first-order valence-electron chi connectivity index (χ1n) is 6.99. The van der Waals surface area contributed by atoms with Gasteiger partial charge in [0.1, 0.15) is 0 Å². The summed E-state index contributed by atoms with van der Waals surface area (Å²) in [6, 6.07) is 12.0. The number of nitrogens with zero attached hydrogens (tertiary/aromatic N) is 1. The second-order valence-corrected chi connectivity index (χ2v) is 5.48. The smallest absolute Gasteiger partial charge is 0.231 e. The summed E-state index contributed by atoms with van der Waals surface area (Å²) >= 11 is 0. The predicted molar refractivity (Wildman–Crippen MR) is 78.6 cm³/mol. The Morgan fingerprint density at radius 1 is 1.10 bits per heavy atom. The van der Waals surface area contributed by atoms with Gasteiger partial charge in [-0.2, -0.15) is 0 Å². The molecule has 2 aromatic carbocycles. The number of ether oxygens (including phenoxy) is 2. The molecule has 0 radical (unpaired) electrons. The van der Waals surface area contributed by atoms with Crippen LogP contribution in [0.5, 0.6) is 11.5 Å². The van der Waals surface area contributed by atoms with Crippen molar-refractivity contribution in [2.75, 3.05) is 11.7 Å². The molecule has 2 aliphatic heterocycles. The molecular formula is C17H15NO3. The van der Waals surface area contributed by atoms with E-state index in [1.807, 2.05) is 42.2 Å². The van der Waals surface area contributed by atoms with Crippen LogP contribution in [0, 0.1) is 6.92 Å². The largest absolute Gasteiger partial charge is 0.454 e. The predicted octanol–water partition coefficient (Wildman–Crippen LogP) is 2.81. The van der Waals surface area contributed by atoms with E-state index in [2.05, 4.69) is 6.07 Å². The van der Waals surface area contributed by atoms with Gasteiger partial charge in [0.25, 0.3) is 0 Å². The number of rotatable bonds is 2. The molecule has 2 heterocycles. The van der Waals surface area contributed by atoms with Gasteiger partial charge in [-0.3, -0.25) is 4.79 Å². The minimum absolute atomic E-state index is 0.147. The van der Waals surface area contributed by atoms with E-state index in [4.69, 9.17) is 9.47 Å². The van der Waals surface area contributed by atoms with Gasteiger partial charge in [0.2, 0.25) is 12.7 Å². The molecule has 21 heavy (non-hydrogen) atoms. The summed E-state index contributed by atoms with van der Waals surface area (Å²) in [7, 11) is 0. The molecule has 0 aromatic heterocycles. The van der Waals surface area contributed by atoms with Crippen LogP contribution in [0.25, 0.3) is 0 Å². The van der Waals surface area contributed by atoms with Crippen LogP contribution in [0.1, 0.15) is 16.7 Å². The Kier molecular flexibility index (Phi) is 2.64. The van der Waals surface area contributed by atoms with E-state index in [1.54, 1.807) is 0 Å². The van der Waals surface area contributed by atoms with Crippen LogP contribution in [0.15, 0.2) is 36.4 Å². The first-order valence-corrected chi connectivity index (χ1v) is 6.99. The second-order valence-electron chi connectivity index (χ2n) is 5.48. The maximum absolute atomic E-state index is 12.3. The van der Waals surface area contributed by atoms with Gasteiger partial charge in [-0.15, -0.1) is 0 Å². The average Bonchev–Trinajstić information content (AvgIpc) is 3.03. The normalized spacial score (nSPS) is 15.5. The maximum Gasteiger partial charge on any atom is 0.231 e. The standard InChI is InChI=1S/C17H15NO3/c1-11-2-4-14-13(6-11)8-17(19)18(14)9-12-3-5-15-16(7-12)21-10-20-15/h2-7H,8-10H2,1H3. The van der Waals surface area contributed by atoms with Gasteiger partial charge in [-0.05, 0) is 36.2 Å². The lowest BCUT2D eigenvalue weighted by Crippen LogP contribution is -2.25. The first kappa shape index (κ1) is 12.3. The van der Waals surface area contributed by atoms with Gasteiger partial charge >= 0.3 is 0 Å². The molecule has 2 aliphatic rings. The fourth-order valence-corrected chi connectivity index (χ4v) is 2.91. The summed E-state index contributed by atoms with van der Waals surface area (Å²) in [5.74, 6) is 1.67. The Labute approximate surface area is 122 Å². The van der Waals surface area contributed by atoms with Crippen LogP contribution in [-0.4, -0.2) is 12.7 Å². The molecule has 0 unspecified atom stereocenters. The lowest BCUT2D eigenvalue weighted by molar-refractivity contribution is -0.117. The molecule has 106 valence electrons. The van der Waals surface area contributed by atoms with Crippen molar-refractivity contribution in [3.8, 4) is 11.5 Å². The molecule has 0 saturated carbocycles. The SMILES string of the molecule is Cc1ccc2c(c1)CC(=O)N2Cc1ccc2c(c1)OCO2. The van der Waals surface area contributed by atoms with Gasteiger partial charge in [-0.25, -0.2) is 0 Å². The first-order chi connectivity index (χ1) is 10.2. The van der Waals surface area contributed by atoms with E-state index in [1.165, 1.54) is 5.56 Å². The van der Waals surface area contributed by atoms with Crippen LogP contribution in [0.3, 0.4) is 0 Å². The Hall–Kier alpha value is -2.49. The van der Waals surface area contributed by atoms with E-state index in [0.29, 0.717) is 13.0 Å². The highest BCUT2D eigenvalue weighted by Crippen LogP contribution is 2.35. The molecule has 2 aromatic rings. The van der Waals surface area contributed by atoms with Crippen molar-refractivity contribution < 1.29 is 14.3 Å². The van der Waals surface area contributed by atoms with Crippen molar-refractivity contribution in [2.45, 2.75) is 19.9 Å². The minimum atomic E-state index is 0.147. The van der Waals surface area contributed by atoms with Crippen molar-refractivity contribution in [1.29, 1.82) is 0 Å². The van der Waals surface area contributed by atoms with Gasteiger partial charge in [0.05, 0.1) is 13.0 Å². The number of hydrogen-bond donors (Lipinski definition) is 0. The highest BCUT2D eigenvalue weighted by Gasteiger charge is 2.27. The molecular weight excluding hydrogens is 266 g/mol. The summed E-state index contributed by atoms with van der Waals surface area (Å²) in [4.78, 5) is 14.1. The topological polar surface area (TPSA) is 38.8 Å². The van der Waals surface area contributed by atoms with Gasteiger partial charge < -0.3 is 14.4 Å². The molecule has 4 rings (SSSR count). The molecule has 4 nitrogen and oxygen atoms in total. The number of carbonyl (C=O) groups is 1.